The third-order valence-electron chi connectivity index (χ3n) is 5.04. The van der Waals surface area contributed by atoms with Gasteiger partial charge in [0.15, 0.2) is 0 Å². The van der Waals surface area contributed by atoms with Crippen LogP contribution >= 0.6 is 11.3 Å². The van der Waals surface area contributed by atoms with Crippen LogP contribution in [0.4, 0.5) is 0 Å². The zero-order valence-electron chi connectivity index (χ0n) is 16.5. The van der Waals surface area contributed by atoms with E-state index in [-0.39, 0.29) is 0 Å². The lowest BCUT2D eigenvalue weighted by atomic mass is 9.92. The number of fused-ring (bicyclic) bond motifs is 4. The van der Waals surface area contributed by atoms with Crippen LogP contribution in [0.15, 0.2) is 96.4 Å². The Morgan fingerprint density at radius 2 is 1.71 bits per heavy atom. The summed E-state index contributed by atoms with van der Waals surface area (Å²) in [6.07, 6.45) is 13.1. The fourth-order valence-electron chi connectivity index (χ4n) is 3.74. The predicted octanol–water partition coefficient (Wildman–Crippen LogP) is 7.74. The van der Waals surface area contributed by atoms with Crippen molar-refractivity contribution in [1.82, 2.24) is 5.32 Å². The van der Waals surface area contributed by atoms with Crippen LogP contribution in [-0.2, 0) is 0 Å². The molecule has 1 aliphatic heterocycles. The third-order valence-corrected chi connectivity index (χ3v) is 6.19. The minimum Gasteiger partial charge on any atom is -0.361 e. The van der Waals surface area contributed by atoms with Gasteiger partial charge in [-0.3, -0.25) is 0 Å². The highest BCUT2D eigenvalue weighted by Crippen LogP contribution is 2.36. The Kier molecular flexibility index (Phi) is 5.31. The van der Waals surface area contributed by atoms with Crippen molar-refractivity contribution < 1.29 is 0 Å². The van der Waals surface area contributed by atoms with E-state index in [4.69, 9.17) is 0 Å². The molecule has 0 atom stereocenters. The van der Waals surface area contributed by atoms with E-state index in [0.717, 1.165) is 18.4 Å². The molecule has 0 radical (unpaired) electrons. The number of hydrogen-bond acceptors (Lipinski definition) is 2. The number of benzene rings is 2. The van der Waals surface area contributed by atoms with Crippen molar-refractivity contribution in [3.63, 3.8) is 0 Å². The van der Waals surface area contributed by atoms with Gasteiger partial charge in [0.25, 0.3) is 0 Å². The van der Waals surface area contributed by atoms with E-state index in [1.807, 2.05) is 31.4 Å². The molecule has 0 saturated heterocycles. The van der Waals surface area contributed by atoms with Crippen molar-refractivity contribution in [1.29, 1.82) is 0 Å². The monoisotopic (exact) mass is 383 g/mol. The highest BCUT2D eigenvalue weighted by molar-refractivity contribution is 7.25. The molecule has 2 aliphatic rings. The lowest BCUT2D eigenvalue weighted by molar-refractivity contribution is 0.942. The van der Waals surface area contributed by atoms with Crippen molar-refractivity contribution in [2.75, 3.05) is 0 Å². The summed E-state index contributed by atoms with van der Waals surface area (Å²) >= 11 is 1.86. The van der Waals surface area contributed by atoms with Crippen molar-refractivity contribution in [2.45, 2.75) is 26.7 Å². The van der Waals surface area contributed by atoms with Crippen LogP contribution in [0.25, 0.3) is 25.7 Å². The van der Waals surface area contributed by atoms with Gasteiger partial charge in [-0.1, -0.05) is 56.8 Å². The van der Waals surface area contributed by atoms with Gasteiger partial charge < -0.3 is 5.32 Å². The molecule has 5 rings (SSSR count). The maximum absolute atomic E-state index is 4.32. The Morgan fingerprint density at radius 1 is 0.929 bits per heavy atom. The van der Waals surface area contributed by atoms with Gasteiger partial charge in [0.1, 0.15) is 0 Å². The molecule has 1 aromatic heterocycles. The normalized spacial score (nSPS) is 19.1. The maximum Gasteiger partial charge on any atom is 0.0415 e. The van der Waals surface area contributed by atoms with Gasteiger partial charge in [-0.2, -0.15) is 0 Å². The van der Waals surface area contributed by atoms with Crippen molar-refractivity contribution in [3.8, 4) is 0 Å². The predicted molar refractivity (Wildman–Crippen MR) is 125 cm³/mol. The SMILES string of the molecule is C=C1/C=C(c2ccc3sc4ccccc4c3c2)\C=C/NC2=CCCC=C12.CC. The van der Waals surface area contributed by atoms with Crippen LogP contribution in [0.2, 0.25) is 0 Å². The van der Waals surface area contributed by atoms with Crippen LogP contribution < -0.4 is 5.32 Å². The van der Waals surface area contributed by atoms with E-state index in [1.54, 1.807) is 0 Å². The molecule has 0 amide bonds. The molecule has 0 spiro atoms. The quantitative estimate of drug-likeness (QED) is 0.453. The number of allylic oxidation sites excluding steroid dienone is 6. The van der Waals surface area contributed by atoms with Crippen LogP contribution in [0, 0.1) is 0 Å². The summed E-state index contributed by atoms with van der Waals surface area (Å²) in [5.41, 5.74) is 5.87. The topological polar surface area (TPSA) is 12.0 Å². The third kappa shape index (κ3) is 3.36. The summed E-state index contributed by atoms with van der Waals surface area (Å²) < 4.78 is 2.68. The molecule has 140 valence electrons. The van der Waals surface area contributed by atoms with Crippen LogP contribution in [0.3, 0.4) is 0 Å². The van der Waals surface area contributed by atoms with Gasteiger partial charge in [-0.05, 0) is 59.9 Å². The molecule has 0 unspecified atom stereocenters. The van der Waals surface area contributed by atoms with Gasteiger partial charge in [-0.15, -0.1) is 11.3 Å². The molecule has 28 heavy (non-hydrogen) atoms. The first-order valence-electron chi connectivity index (χ1n) is 9.96. The average molecular weight is 384 g/mol. The Hall–Kier alpha value is -2.84. The van der Waals surface area contributed by atoms with Gasteiger partial charge in [-0.25, -0.2) is 0 Å². The Bertz CT molecular complexity index is 1170. The second kappa shape index (κ2) is 8.04. The zero-order valence-corrected chi connectivity index (χ0v) is 17.3. The highest BCUT2D eigenvalue weighted by atomic mass is 32.1. The smallest absolute Gasteiger partial charge is 0.0415 e. The van der Waals surface area contributed by atoms with Crippen molar-refractivity contribution in [3.05, 3.63) is 102 Å². The molecular weight excluding hydrogens is 358 g/mol. The number of nitrogens with one attached hydrogen (secondary N) is 1. The van der Waals surface area contributed by atoms with E-state index in [1.165, 1.54) is 42.6 Å². The lowest BCUT2D eigenvalue weighted by Crippen LogP contribution is -2.12. The minimum absolute atomic E-state index is 1.07. The summed E-state index contributed by atoms with van der Waals surface area (Å²) in [4.78, 5) is 0. The van der Waals surface area contributed by atoms with Gasteiger partial charge in [0.2, 0.25) is 0 Å². The van der Waals surface area contributed by atoms with Crippen LogP contribution in [-0.4, -0.2) is 0 Å². The van der Waals surface area contributed by atoms with Gasteiger partial charge >= 0.3 is 0 Å². The minimum atomic E-state index is 1.07. The van der Waals surface area contributed by atoms with Crippen LogP contribution in [0.5, 0.6) is 0 Å². The van der Waals surface area contributed by atoms with Gasteiger partial charge in [0, 0.05) is 37.6 Å². The number of thiophene rings is 1. The van der Waals surface area contributed by atoms with E-state index in [0.29, 0.717) is 0 Å². The summed E-state index contributed by atoms with van der Waals surface area (Å²) in [6, 6.07) is 15.4. The van der Waals surface area contributed by atoms with Crippen LogP contribution in [0.1, 0.15) is 32.3 Å². The summed E-state index contributed by atoms with van der Waals surface area (Å²) in [5, 5.41) is 6.09. The molecule has 1 nitrogen and oxygen atoms in total. The highest BCUT2D eigenvalue weighted by Gasteiger charge is 2.13. The Labute approximate surface area is 171 Å². The molecule has 1 N–H and O–H groups in total. The molecule has 0 fully saturated rings. The fourth-order valence-corrected chi connectivity index (χ4v) is 4.82. The van der Waals surface area contributed by atoms with E-state index in [9.17, 15) is 0 Å². The molecule has 2 heterocycles. The van der Waals surface area contributed by atoms with Crippen molar-refractivity contribution in [2.24, 2.45) is 0 Å². The molecule has 0 bridgehead atoms. The Balaban J connectivity index is 0.000000932. The standard InChI is InChI=1S/C24H19NS.C2H6/c1-16-14-18(12-13-25-22-8-4-2-6-19(16)22)17-10-11-24-21(15-17)20-7-3-5-9-23(20)26-24;1-2/h3,5-15,25H,1-2,4H2;1-2H3/b13-12-,18-14+;. The second-order valence-corrected chi connectivity index (χ2v) is 7.81. The van der Waals surface area contributed by atoms with E-state index < -0.39 is 0 Å². The van der Waals surface area contributed by atoms with Crippen molar-refractivity contribution >= 4 is 37.1 Å². The molecule has 0 saturated carbocycles. The summed E-state index contributed by atoms with van der Waals surface area (Å²) in [5.74, 6) is 0. The fraction of sp³-hybridized carbons (Fsp3) is 0.154. The average Bonchev–Trinajstić information content (AvgIpc) is 3.11. The zero-order chi connectivity index (χ0) is 19.5. The molecule has 1 aliphatic carbocycles. The Morgan fingerprint density at radius 3 is 2.61 bits per heavy atom. The van der Waals surface area contributed by atoms with E-state index in [2.05, 4.69) is 78.7 Å². The number of rotatable bonds is 1. The first-order valence-corrected chi connectivity index (χ1v) is 10.8. The molecular formula is C26H25NS. The second-order valence-electron chi connectivity index (χ2n) is 6.72. The number of hydrogen-bond donors (Lipinski definition) is 1. The first kappa shape index (κ1) is 18.5. The largest absolute Gasteiger partial charge is 0.361 e. The molecule has 2 aromatic carbocycles. The summed E-state index contributed by atoms with van der Waals surface area (Å²) in [7, 11) is 0. The summed E-state index contributed by atoms with van der Waals surface area (Å²) in [6.45, 7) is 8.32. The lowest BCUT2D eigenvalue weighted by Gasteiger charge is -2.19. The van der Waals surface area contributed by atoms with Gasteiger partial charge in [0.05, 0.1) is 0 Å². The molecule has 2 heteroatoms. The first-order chi connectivity index (χ1) is 13.8. The van der Waals surface area contributed by atoms with E-state index >= 15 is 0 Å². The molecule has 3 aromatic rings. The maximum atomic E-state index is 4.32.